The third kappa shape index (κ3) is 3.05. The molecule has 0 unspecified atom stereocenters. The summed E-state index contributed by atoms with van der Waals surface area (Å²) < 4.78 is 1.27. The van der Waals surface area contributed by atoms with E-state index in [-0.39, 0.29) is 0 Å². The molecule has 0 aromatic carbocycles. The highest BCUT2D eigenvalue weighted by atomic mass is 27.1. The number of hydrogen-bond donors (Lipinski definition) is 0. The molecule has 0 N–H and O–H groups in total. The minimum absolute atomic E-state index is 0.393. The standard InChI is InChI=1S/C8H18N.Al.H/c1-5-7-9(3,4)8-6-2;;/h1-2,5-8H2,3-4H3;;/q+1;;. The van der Waals surface area contributed by atoms with Gasteiger partial charge >= 0.3 is 0 Å². The Morgan fingerprint density at radius 1 is 1.00 bits per heavy atom. The van der Waals surface area contributed by atoms with Crippen LogP contribution in [0, 0.1) is 0 Å². The van der Waals surface area contributed by atoms with Crippen molar-refractivity contribution in [1.82, 2.24) is 0 Å². The van der Waals surface area contributed by atoms with E-state index in [9.17, 15) is 0 Å². The molecule has 1 aliphatic heterocycles. The van der Waals surface area contributed by atoms with Crippen molar-refractivity contribution in [3.8, 4) is 0 Å². The first-order valence-corrected chi connectivity index (χ1v) is 6.53. The summed E-state index contributed by atoms with van der Waals surface area (Å²) in [6.07, 6.45) is 3.00. The zero-order valence-corrected chi connectivity index (χ0v) is 8.81. The van der Waals surface area contributed by atoms with Gasteiger partial charge < -0.3 is 4.48 Å². The Kier molecular flexibility index (Phi) is 3.23. The molecule has 1 heterocycles. The molecule has 0 saturated carbocycles. The van der Waals surface area contributed by atoms with Crippen LogP contribution in [0.15, 0.2) is 0 Å². The van der Waals surface area contributed by atoms with E-state index in [1.807, 2.05) is 0 Å². The van der Waals surface area contributed by atoms with E-state index in [0.717, 1.165) is 0 Å². The largest absolute Gasteiger partial charge is 0.329 e. The highest BCUT2D eigenvalue weighted by Crippen LogP contribution is 2.09. The maximum atomic E-state index is 2.37. The van der Waals surface area contributed by atoms with Crippen molar-refractivity contribution in [2.75, 3.05) is 27.2 Å². The summed E-state index contributed by atoms with van der Waals surface area (Å²) >= 11 is 0.393. The smallest absolute Gasteiger partial charge is 0.237 e. The summed E-state index contributed by atoms with van der Waals surface area (Å²) in [4.78, 5) is 0. The SMILES string of the molecule is C[N+]1(C)CC[CH2][AlH][CH2]CC1. The van der Waals surface area contributed by atoms with E-state index in [0.29, 0.717) is 15.2 Å². The van der Waals surface area contributed by atoms with Gasteiger partial charge in [0.15, 0.2) is 0 Å². The number of quaternary nitrogens is 1. The molecule has 1 saturated heterocycles. The van der Waals surface area contributed by atoms with Gasteiger partial charge in [0.2, 0.25) is 15.2 Å². The Bertz CT molecular complexity index is 91.4. The molecular formula is C8H19AlN+. The Labute approximate surface area is 70.7 Å². The van der Waals surface area contributed by atoms with Crippen LogP contribution in [0.2, 0.25) is 10.6 Å². The number of rotatable bonds is 0. The second-order valence-corrected chi connectivity index (χ2v) is 6.27. The van der Waals surface area contributed by atoms with Crippen LogP contribution in [0.4, 0.5) is 0 Å². The Hall–Kier alpha value is 0.492. The Balaban J connectivity index is 2.30. The van der Waals surface area contributed by atoms with Gasteiger partial charge in [0, 0.05) is 0 Å². The van der Waals surface area contributed by atoms with Gasteiger partial charge in [0.1, 0.15) is 0 Å². The lowest BCUT2D eigenvalue weighted by molar-refractivity contribution is -0.890. The Morgan fingerprint density at radius 2 is 1.50 bits per heavy atom. The zero-order chi connectivity index (χ0) is 7.45. The lowest BCUT2D eigenvalue weighted by atomic mass is 10.3. The van der Waals surface area contributed by atoms with Crippen LogP contribution in [0.5, 0.6) is 0 Å². The molecule has 1 aliphatic rings. The molecule has 58 valence electrons. The summed E-state index contributed by atoms with van der Waals surface area (Å²) in [5, 5.41) is 3.20. The lowest BCUT2D eigenvalue weighted by Gasteiger charge is -2.31. The fraction of sp³-hybridized carbons (Fsp3) is 1.00. The van der Waals surface area contributed by atoms with Crippen LogP contribution in [-0.2, 0) is 0 Å². The Morgan fingerprint density at radius 3 is 2.00 bits per heavy atom. The number of nitrogens with zero attached hydrogens (tertiary/aromatic N) is 1. The molecule has 10 heavy (non-hydrogen) atoms. The summed E-state index contributed by atoms with van der Waals surface area (Å²) in [6.45, 7) is 2.85. The quantitative estimate of drug-likeness (QED) is 0.364. The van der Waals surface area contributed by atoms with Crippen molar-refractivity contribution >= 4 is 15.2 Å². The third-order valence-electron chi connectivity index (χ3n) is 2.53. The van der Waals surface area contributed by atoms with Crippen LogP contribution in [0.3, 0.4) is 0 Å². The molecule has 2 heteroatoms. The molecular weight excluding hydrogens is 137 g/mol. The fourth-order valence-electron chi connectivity index (χ4n) is 1.72. The van der Waals surface area contributed by atoms with Crippen LogP contribution in [0.25, 0.3) is 0 Å². The second-order valence-electron chi connectivity index (χ2n) is 4.15. The number of hydrogen-bond acceptors (Lipinski definition) is 0. The van der Waals surface area contributed by atoms with E-state index in [2.05, 4.69) is 14.1 Å². The van der Waals surface area contributed by atoms with Gasteiger partial charge in [0.25, 0.3) is 0 Å². The van der Waals surface area contributed by atoms with Gasteiger partial charge in [-0.3, -0.25) is 0 Å². The first kappa shape index (κ1) is 8.59. The summed E-state index contributed by atoms with van der Waals surface area (Å²) in [6, 6.07) is 0. The van der Waals surface area contributed by atoms with E-state index < -0.39 is 0 Å². The fourth-order valence-corrected chi connectivity index (χ4v) is 3.23. The van der Waals surface area contributed by atoms with Gasteiger partial charge in [-0.15, -0.1) is 0 Å². The van der Waals surface area contributed by atoms with Crippen LogP contribution in [0.1, 0.15) is 12.8 Å². The maximum absolute atomic E-state index is 2.37. The van der Waals surface area contributed by atoms with Crippen LogP contribution >= 0.6 is 0 Å². The van der Waals surface area contributed by atoms with Gasteiger partial charge in [-0.1, -0.05) is 10.6 Å². The van der Waals surface area contributed by atoms with Crippen LogP contribution < -0.4 is 0 Å². The molecule has 0 bridgehead atoms. The molecule has 0 spiro atoms. The first-order valence-electron chi connectivity index (χ1n) is 4.53. The minimum atomic E-state index is 0.393. The van der Waals surface area contributed by atoms with Gasteiger partial charge in [-0.2, -0.15) is 0 Å². The maximum Gasteiger partial charge on any atom is 0.237 e. The predicted octanol–water partition coefficient (Wildman–Crippen LogP) is 1.13. The second kappa shape index (κ2) is 3.76. The average molecular weight is 156 g/mol. The van der Waals surface area contributed by atoms with Crippen molar-refractivity contribution < 1.29 is 4.48 Å². The normalized spacial score (nSPS) is 26.2. The predicted molar refractivity (Wildman–Crippen MR) is 47.8 cm³/mol. The van der Waals surface area contributed by atoms with Crippen molar-refractivity contribution in [3.05, 3.63) is 0 Å². The van der Waals surface area contributed by atoms with E-state index in [4.69, 9.17) is 0 Å². The molecule has 0 aromatic rings. The summed E-state index contributed by atoms with van der Waals surface area (Å²) in [7, 11) is 4.74. The summed E-state index contributed by atoms with van der Waals surface area (Å²) in [5.41, 5.74) is 0. The van der Waals surface area contributed by atoms with E-state index in [1.165, 1.54) is 30.4 Å². The third-order valence-corrected chi connectivity index (χ3v) is 4.53. The summed E-state index contributed by atoms with van der Waals surface area (Å²) in [5.74, 6) is 0. The topological polar surface area (TPSA) is 0 Å². The zero-order valence-electron chi connectivity index (χ0n) is 7.40. The van der Waals surface area contributed by atoms with Gasteiger partial charge in [0.05, 0.1) is 27.2 Å². The van der Waals surface area contributed by atoms with Crippen LogP contribution in [-0.4, -0.2) is 46.9 Å². The van der Waals surface area contributed by atoms with Gasteiger partial charge in [-0.25, -0.2) is 0 Å². The van der Waals surface area contributed by atoms with Gasteiger partial charge in [-0.05, 0) is 12.8 Å². The molecule has 0 aromatic heterocycles. The van der Waals surface area contributed by atoms with Crippen molar-refractivity contribution in [2.45, 2.75) is 23.4 Å². The van der Waals surface area contributed by atoms with Crippen molar-refractivity contribution in [3.63, 3.8) is 0 Å². The molecule has 0 amide bonds. The molecule has 1 rings (SSSR count). The lowest BCUT2D eigenvalue weighted by Crippen LogP contribution is -2.42. The van der Waals surface area contributed by atoms with Crippen molar-refractivity contribution in [2.24, 2.45) is 0 Å². The molecule has 1 nitrogen and oxygen atoms in total. The minimum Gasteiger partial charge on any atom is -0.329 e. The van der Waals surface area contributed by atoms with E-state index in [1.54, 1.807) is 10.6 Å². The molecule has 0 atom stereocenters. The highest BCUT2D eigenvalue weighted by Gasteiger charge is 2.16. The highest BCUT2D eigenvalue weighted by molar-refractivity contribution is 6.35. The van der Waals surface area contributed by atoms with Crippen molar-refractivity contribution in [1.29, 1.82) is 0 Å². The first-order chi connectivity index (χ1) is 4.71. The average Bonchev–Trinajstić information content (AvgIpc) is 1.81. The molecule has 1 fully saturated rings. The monoisotopic (exact) mass is 156 g/mol. The molecule has 0 aliphatic carbocycles. The van der Waals surface area contributed by atoms with E-state index >= 15 is 0 Å². The molecule has 0 radical (unpaired) electrons.